The van der Waals surface area contributed by atoms with Gasteiger partial charge in [-0.2, -0.15) is 11.8 Å². The van der Waals surface area contributed by atoms with Gasteiger partial charge >= 0.3 is 0 Å². The number of ketones is 1. The average molecular weight is 335 g/mol. The van der Waals surface area contributed by atoms with E-state index in [1.165, 1.54) is 18.6 Å². The lowest BCUT2D eigenvalue weighted by Crippen LogP contribution is -2.48. The summed E-state index contributed by atoms with van der Waals surface area (Å²) in [5, 5.41) is 10.3. The molecule has 2 atom stereocenters. The fourth-order valence-corrected chi connectivity index (χ4v) is 4.37. The van der Waals surface area contributed by atoms with E-state index in [1.54, 1.807) is 19.1 Å². The smallest absolute Gasteiger partial charge is 0.159 e. The van der Waals surface area contributed by atoms with Crippen LogP contribution in [0, 0.1) is 5.92 Å². The van der Waals surface area contributed by atoms with E-state index in [4.69, 9.17) is 4.74 Å². The van der Waals surface area contributed by atoms with Gasteiger partial charge in [0, 0.05) is 36.2 Å². The van der Waals surface area contributed by atoms with Gasteiger partial charge in [0.1, 0.15) is 18.5 Å². The zero-order chi connectivity index (χ0) is 16.2. The predicted molar refractivity (Wildman–Crippen MR) is 93.4 cm³/mol. The van der Waals surface area contributed by atoms with Gasteiger partial charge in [-0.25, -0.2) is 0 Å². The van der Waals surface area contributed by atoms with Crippen molar-refractivity contribution in [3.05, 3.63) is 29.8 Å². The van der Waals surface area contributed by atoms with E-state index < -0.39 is 6.10 Å². The summed E-state index contributed by atoms with van der Waals surface area (Å²) in [7, 11) is 0. The second-order valence-corrected chi connectivity index (χ2v) is 7.67. The fraction of sp³-hybridized carbons (Fsp3) is 0.611. The van der Waals surface area contributed by atoms with E-state index in [0.717, 1.165) is 18.2 Å². The van der Waals surface area contributed by atoms with E-state index in [9.17, 15) is 9.90 Å². The molecule has 1 aliphatic carbocycles. The number of carbonyl (C=O) groups excluding carboxylic acids is 1. The average Bonchev–Trinajstić information content (AvgIpc) is 3.38. The number of β-amino-alcohol motifs (C(OH)–C–C–N with tert-alkyl or cyclic N) is 1. The third-order valence-electron chi connectivity index (χ3n) is 4.57. The number of thioether (sulfide) groups is 1. The molecule has 0 radical (unpaired) electrons. The van der Waals surface area contributed by atoms with Crippen LogP contribution < -0.4 is 4.74 Å². The molecule has 2 fully saturated rings. The largest absolute Gasteiger partial charge is 0.491 e. The Hall–Kier alpha value is -1.04. The number of ether oxygens (including phenoxy) is 1. The Bertz CT molecular complexity index is 547. The molecule has 1 heterocycles. The lowest BCUT2D eigenvalue weighted by molar-refractivity contribution is 0.0531. The van der Waals surface area contributed by atoms with Gasteiger partial charge in [-0.05, 0) is 37.8 Å². The zero-order valence-electron chi connectivity index (χ0n) is 13.6. The molecule has 1 saturated carbocycles. The van der Waals surface area contributed by atoms with Gasteiger partial charge in [-0.1, -0.05) is 12.1 Å². The summed E-state index contributed by atoms with van der Waals surface area (Å²) in [6.45, 7) is 3.54. The third kappa shape index (κ3) is 4.72. The van der Waals surface area contributed by atoms with Crippen molar-refractivity contribution in [2.75, 3.05) is 31.2 Å². The second kappa shape index (κ2) is 7.69. The third-order valence-corrected chi connectivity index (χ3v) is 5.62. The van der Waals surface area contributed by atoms with Crippen LogP contribution in [0.1, 0.15) is 30.1 Å². The van der Waals surface area contributed by atoms with E-state index in [0.29, 0.717) is 23.9 Å². The van der Waals surface area contributed by atoms with Crippen molar-refractivity contribution in [3.63, 3.8) is 0 Å². The first-order valence-electron chi connectivity index (χ1n) is 8.37. The summed E-state index contributed by atoms with van der Waals surface area (Å²) in [5.74, 6) is 3.85. The molecule has 4 nitrogen and oxygen atoms in total. The monoisotopic (exact) mass is 335 g/mol. The minimum Gasteiger partial charge on any atom is -0.491 e. The summed E-state index contributed by atoms with van der Waals surface area (Å²) in [5.41, 5.74) is 0.638. The standard InChI is InChI=1S/C18H25NO3S/c1-13(20)15-3-2-4-17(9-15)22-11-16(21)10-19-7-8-23-12-18(19)14-5-6-14/h2-4,9,14,16,18,21H,5-8,10-12H2,1H3/t16-,18-/m1/s1. The van der Waals surface area contributed by atoms with Gasteiger partial charge in [-0.15, -0.1) is 0 Å². The molecule has 0 spiro atoms. The molecule has 5 heteroatoms. The number of nitrogens with zero attached hydrogens (tertiary/aromatic N) is 1. The van der Waals surface area contributed by atoms with E-state index in [1.807, 2.05) is 23.9 Å². The molecule has 126 valence electrons. The van der Waals surface area contributed by atoms with Gasteiger partial charge in [0.05, 0.1) is 0 Å². The van der Waals surface area contributed by atoms with Crippen LogP contribution in [-0.2, 0) is 0 Å². The van der Waals surface area contributed by atoms with E-state index in [2.05, 4.69) is 4.90 Å². The molecule has 3 rings (SSSR count). The first-order valence-corrected chi connectivity index (χ1v) is 9.52. The summed E-state index contributed by atoms with van der Waals surface area (Å²) in [6, 6.07) is 7.77. The van der Waals surface area contributed by atoms with Crippen molar-refractivity contribution in [1.82, 2.24) is 4.90 Å². The molecule has 0 bridgehead atoms. The maximum Gasteiger partial charge on any atom is 0.159 e. The van der Waals surface area contributed by atoms with Gasteiger partial charge in [0.15, 0.2) is 5.78 Å². The highest BCUT2D eigenvalue weighted by Gasteiger charge is 2.37. The first-order chi connectivity index (χ1) is 11.1. The minimum atomic E-state index is -0.500. The molecule has 0 amide bonds. The highest BCUT2D eigenvalue weighted by atomic mass is 32.2. The Balaban J connectivity index is 1.49. The number of aliphatic hydroxyl groups excluding tert-OH is 1. The molecule has 1 N–H and O–H groups in total. The van der Waals surface area contributed by atoms with Crippen LogP contribution in [0.15, 0.2) is 24.3 Å². The molecule has 2 aliphatic rings. The van der Waals surface area contributed by atoms with Crippen molar-refractivity contribution in [2.45, 2.75) is 31.9 Å². The molecule has 23 heavy (non-hydrogen) atoms. The number of benzene rings is 1. The fourth-order valence-electron chi connectivity index (χ4n) is 3.12. The number of rotatable bonds is 7. The van der Waals surface area contributed by atoms with Crippen LogP contribution in [-0.4, -0.2) is 59.1 Å². The summed E-state index contributed by atoms with van der Waals surface area (Å²) < 4.78 is 5.68. The Labute approximate surface area is 142 Å². The molecular formula is C18H25NO3S. The first kappa shape index (κ1) is 16.8. The zero-order valence-corrected chi connectivity index (χ0v) is 14.4. The topological polar surface area (TPSA) is 49.8 Å². The number of hydrogen-bond acceptors (Lipinski definition) is 5. The van der Waals surface area contributed by atoms with E-state index in [-0.39, 0.29) is 12.4 Å². The minimum absolute atomic E-state index is 0.0223. The Morgan fingerprint density at radius 2 is 2.30 bits per heavy atom. The van der Waals surface area contributed by atoms with Crippen molar-refractivity contribution < 1.29 is 14.6 Å². The Morgan fingerprint density at radius 1 is 1.48 bits per heavy atom. The predicted octanol–water partition coefficient (Wildman–Crippen LogP) is 2.46. The quantitative estimate of drug-likeness (QED) is 0.776. The van der Waals surface area contributed by atoms with Gasteiger partial charge < -0.3 is 9.84 Å². The second-order valence-electron chi connectivity index (χ2n) is 6.52. The van der Waals surface area contributed by atoms with Crippen LogP contribution in [0.4, 0.5) is 0 Å². The molecule has 0 aromatic heterocycles. The van der Waals surface area contributed by atoms with Gasteiger partial charge in [0.25, 0.3) is 0 Å². The van der Waals surface area contributed by atoms with Crippen LogP contribution in [0.25, 0.3) is 0 Å². The SMILES string of the molecule is CC(=O)c1cccc(OC[C@H](O)CN2CCSC[C@@H]2C2CC2)c1. The highest BCUT2D eigenvalue weighted by molar-refractivity contribution is 7.99. The summed E-state index contributed by atoms with van der Waals surface area (Å²) >= 11 is 2.03. The number of aliphatic hydroxyl groups is 1. The molecular weight excluding hydrogens is 310 g/mol. The molecule has 1 aromatic rings. The van der Waals surface area contributed by atoms with Crippen LogP contribution in [0.5, 0.6) is 5.75 Å². The van der Waals surface area contributed by atoms with Crippen molar-refractivity contribution in [1.29, 1.82) is 0 Å². The molecule has 1 aliphatic heterocycles. The molecule has 0 unspecified atom stereocenters. The Morgan fingerprint density at radius 3 is 3.04 bits per heavy atom. The molecule has 1 aromatic carbocycles. The lowest BCUT2D eigenvalue weighted by atomic mass is 10.1. The van der Waals surface area contributed by atoms with Crippen molar-refractivity contribution >= 4 is 17.5 Å². The van der Waals surface area contributed by atoms with Crippen LogP contribution in [0.2, 0.25) is 0 Å². The van der Waals surface area contributed by atoms with Gasteiger partial charge in [0.2, 0.25) is 0 Å². The normalized spacial score (nSPS) is 23.5. The Kier molecular flexibility index (Phi) is 5.62. The van der Waals surface area contributed by atoms with Crippen LogP contribution in [0.3, 0.4) is 0 Å². The summed E-state index contributed by atoms with van der Waals surface area (Å²) in [4.78, 5) is 13.8. The van der Waals surface area contributed by atoms with Crippen molar-refractivity contribution in [3.8, 4) is 5.75 Å². The maximum absolute atomic E-state index is 11.4. The summed E-state index contributed by atoms with van der Waals surface area (Å²) in [6.07, 6.45) is 2.18. The molecule has 1 saturated heterocycles. The van der Waals surface area contributed by atoms with Gasteiger partial charge in [-0.3, -0.25) is 9.69 Å². The number of hydrogen-bond donors (Lipinski definition) is 1. The van der Waals surface area contributed by atoms with Crippen LogP contribution >= 0.6 is 11.8 Å². The maximum atomic E-state index is 11.4. The number of carbonyl (C=O) groups is 1. The van der Waals surface area contributed by atoms with Crippen molar-refractivity contribution in [2.24, 2.45) is 5.92 Å². The number of Topliss-reactive ketones (excluding diaryl/α,β-unsaturated/α-hetero) is 1. The lowest BCUT2D eigenvalue weighted by Gasteiger charge is -2.36. The highest BCUT2D eigenvalue weighted by Crippen LogP contribution is 2.38. The van der Waals surface area contributed by atoms with E-state index >= 15 is 0 Å².